The van der Waals surface area contributed by atoms with Crippen LogP contribution in [0.15, 0.2) is 0 Å². The molecule has 0 unspecified atom stereocenters. The molecule has 21 heavy (non-hydrogen) atoms. The topological polar surface area (TPSA) is 91.8 Å². The summed E-state index contributed by atoms with van der Waals surface area (Å²) >= 11 is 5.80. The zero-order valence-electron chi connectivity index (χ0n) is 13.0. The molecule has 1 aromatic heterocycles. The van der Waals surface area contributed by atoms with E-state index in [9.17, 15) is 4.79 Å². The van der Waals surface area contributed by atoms with Gasteiger partial charge in [-0.1, -0.05) is 20.8 Å². The number of aromatic nitrogens is 3. The van der Waals surface area contributed by atoms with Gasteiger partial charge < -0.3 is 16.0 Å². The Morgan fingerprint density at radius 1 is 1.14 bits per heavy atom. The quantitative estimate of drug-likeness (QED) is 0.669. The average Bonchev–Trinajstić information content (AvgIpc) is 2.35. The minimum Gasteiger partial charge on any atom is -0.354 e. The van der Waals surface area contributed by atoms with Crippen molar-refractivity contribution in [2.75, 3.05) is 23.8 Å². The fraction of sp³-hybridized carbons (Fsp3) is 0.692. The van der Waals surface area contributed by atoms with Crippen molar-refractivity contribution in [3.63, 3.8) is 0 Å². The molecule has 1 rings (SSSR count). The van der Waals surface area contributed by atoms with Crippen molar-refractivity contribution in [1.29, 1.82) is 0 Å². The average molecular weight is 315 g/mol. The van der Waals surface area contributed by atoms with E-state index in [-0.39, 0.29) is 23.3 Å². The van der Waals surface area contributed by atoms with Crippen LogP contribution in [0.25, 0.3) is 0 Å². The van der Waals surface area contributed by atoms with Gasteiger partial charge in [0.25, 0.3) is 0 Å². The number of carbonyl (C=O) groups is 1. The zero-order chi connectivity index (χ0) is 15.9. The monoisotopic (exact) mass is 314 g/mol. The number of hydrogen-bond donors (Lipinski definition) is 3. The van der Waals surface area contributed by atoms with Gasteiger partial charge in [0, 0.05) is 13.0 Å². The summed E-state index contributed by atoms with van der Waals surface area (Å²) in [5, 5.41) is 8.70. The number of rotatable bonds is 7. The third-order valence-corrected chi connectivity index (χ3v) is 2.75. The number of amides is 1. The van der Waals surface area contributed by atoms with Crippen LogP contribution in [0.3, 0.4) is 0 Å². The summed E-state index contributed by atoms with van der Waals surface area (Å²) in [5.41, 5.74) is 0.146. The molecule has 0 atom stereocenters. The van der Waals surface area contributed by atoms with Crippen LogP contribution in [-0.2, 0) is 4.79 Å². The maximum atomic E-state index is 11.7. The molecular formula is C13H23ClN6O. The van der Waals surface area contributed by atoms with Crippen LogP contribution in [-0.4, -0.2) is 34.1 Å². The van der Waals surface area contributed by atoms with E-state index >= 15 is 0 Å². The number of hydrogen-bond acceptors (Lipinski definition) is 6. The molecule has 7 nitrogen and oxygen atoms in total. The van der Waals surface area contributed by atoms with Crippen molar-refractivity contribution in [3.05, 3.63) is 5.28 Å². The summed E-state index contributed by atoms with van der Waals surface area (Å²) in [7, 11) is 0. The van der Waals surface area contributed by atoms with E-state index in [1.807, 2.05) is 6.92 Å². The van der Waals surface area contributed by atoms with Gasteiger partial charge in [0.2, 0.25) is 23.1 Å². The first kappa shape index (κ1) is 17.4. The molecule has 0 fully saturated rings. The summed E-state index contributed by atoms with van der Waals surface area (Å²) in [5.74, 6) is 0.714. The zero-order valence-corrected chi connectivity index (χ0v) is 13.7. The maximum Gasteiger partial charge on any atom is 0.230 e. The van der Waals surface area contributed by atoms with Gasteiger partial charge >= 0.3 is 0 Å². The van der Waals surface area contributed by atoms with Crippen molar-refractivity contribution >= 4 is 29.4 Å². The van der Waals surface area contributed by atoms with Crippen LogP contribution in [0.4, 0.5) is 11.9 Å². The summed E-state index contributed by atoms with van der Waals surface area (Å²) in [6.45, 7) is 9.17. The van der Waals surface area contributed by atoms with E-state index in [4.69, 9.17) is 11.6 Å². The van der Waals surface area contributed by atoms with Gasteiger partial charge in [0.05, 0.1) is 6.67 Å². The van der Waals surface area contributed by atoms with E-state index in [2.05, 4.69) is 51.7 Å². The van der Waals surface area contributed by atoms with Gasteiger partial charge in [-0.15, -0.1) is 0 Å². The number of carbonyl (C=O) groups excluding carboxylic acids is 1. The largest absolute Gasteiger partial charge is 0.354 e. The smallest absolute Gasteiger partial charge is 0.230 e. The molecule has 0 spiro atoms. The highest BCUT2D eigenvalue weighted by Gasteiger charge is 2.12. The van der Waals surface area contributed by atoms with Crippen LogP contribution in [0, 0.1) is 5.41 Å². The summed E-state index contributed by atoms with van der Waals surface area (Å²) in [6.07, 6.45) is 1.33. The second-order valence-electron chi connectivity index (χ2n) is 5.80. The first-order valence-corrected chi connectivity index (χ1v) is 7.34. The second-order valence-corrected chi connectivity index (χ2v) is 6.13. The lowest BCUT2D eigenvalue weighted by molar-refractivity contribution is -0.121. The summed E-state index contributed by atoms with van der Waals surface area (Å²) in [4.78, 5) is 23.7. The molecule has 0 aromatic carbocycles. The Morgan fingerprint density at radius 3 is 2.33 bits per heavy atom. The Labute approximate surface area is 130 Å². The second kappa shape index (κ2) is 7.97. The van der Waals surface area contributed by atoms with Crippen molar-refractivity contribution in [1.82, 2.24) is 20.3 Å². The first-order chi connectivity index (χ1) is 9.80. The maximum absolute atomic E-state index is 11.7. The third kappa shape index (κ3) is 7.65. The van der Waals surface area contributed by atoms with E-state index in [1.165, 1.54) is 0 Å². The fourth-order valence-corrected chi connectivity index (χ4v) is 1.63. The molecule has 1 heterocycles. The Balaban J connectivity index is 2.40. The molecule has 1 amide bonds. The minimum absolute atomic E-state index is 0.00974. The van der Waals surface area contributed by atoms with E-state index < -0.39 is 0 Å². The Morgan fingerprint density at radius 2 is 1.76 bits per heavy atom. The SMILES string of the molecule is CCNc1nc(Cl)nc(NCNC(=O)CCC(C)(C)C)n1. The molecule has 0 saturated heterocycles. The number of anilines is 2. The Hall–Kier alpha value is -1.63. The van der Waals surface area contributed by atoms with Crippen LogP contribution < -0.4 is 16.0 Å². The predicted octanol–water partition coefficient (Wildman–Crippen LogP) is 2.27. The van der Waals surface area contributed by atoms with Crippen LogP contribution in [0.2, 0.25) is 5.28 Å². The number of nitrogens with zero attached hydrogens (tertiary/aromatic N) is 3. The molecular weight excluding hydrogens is 292 g/mol. The fourth-order valence-electron chi connectivity index (χ4n) is 1.47. The lowest BCUT2D eigenvalue weighted by atomic mass is 9.90. The Bertz CT molecular complexity index is 474. The van der Waals surface area contributed by atoms with Crippen molar-refractivity contribution < 1.29 is 4.79 Å². The number of halogens is 1. The van der Waals surface area contributed by atoms with Gasteiger partial charge in [-0.3, -0.25) is 4.79 Å². The highest BCUT2D eigenvalue weighted by atomic mass is 35.5. The lowest BCUT2D eigenvalue weighted by Gasteiger charge is -2.17. The van der Waals surface area contributed by atoms with Crippen molar-refractivity contribution in [2.24, 2.45) is 5.41 Å². The first-order valence-electron chi connectivity index (χ1n) is 6.96. The highest BCUT2D eigenvalue weighted by molar-refractivity contribution is 6.28. The van der Waals surface area contributed by atoms with Gasteiger partial charge in [0.15, 0.2) is 0 Å². The van der Waals surface area contributed by atoms with Gasteiger partial charge in [-0.05, 0) is 30.4 Å². The molecule has 1 aromatic rings. The molecule has 0 bridgehead atoms. The van der Waals surface area contributed by atoms with Crippen LogP contribution in [0.5, 0.6) is 0 Å². The minimum atomic E-state index is -0.00974. The molecule has 3 N–H and O–H groups in total. The molecule has 0 aliphatic carbocycles. The molecule has 0 aliphatic heterocycles. The Kier molecular flexibility index (Phi) is 6.61. The molecule has 118 valence electrons. The number of nitrogens with one attached hydrogen (secondary N) is 3. The van der Waals surface area contributed by atoms with E-state index in [1.54, 1.807) is 0 Å². The third-order valence-electron chi connectivity index (χ3n) is 2.58. The van der Waals surface area contributed by atoms with Gasteiger partial charge in [-0.25, -0.2) is 0 Å². The van der Waals surface area contributed by atoms with Crippen molar-refractivity contribution in [2.45, 2.75) is 40.5 Å². The van der Waals surface area contributed by atoms with Crippen LogP contribution in [0.1, 0.15) is 40.5 Å². The van der Waals surface area contributed by atoms with Gasteiger partial charge in [-0.2, -0.15) is 15.0 Å². The predicted molar refractivity (Wildman–Crippen MR) is 84.3 cm³/mol. The molecule has 0 aliphatic rings. The van der Waals surface area contributed by atoms with E-state index in [0.29, 0.717) is 24.9 Å². The normalized spacial score (nSPS) is 11.1. The molecule has 8 heteroatoms. The highest BCUT2D eigenvalue weighted by Crippen LogP contribution is 2.20. The van der Waals surface area contributed by atoms with Crippen molar-refractivity contribution in [3.8, 4) is 0 Å². The van der Waals surface area contributed by atoms with Gasteiger partial charge in [0.1, 0.15) is 0 Å². The molecule has 0 radical (unpaired) electrons. The summed E-state index contributed by atoms with van der Waals surface area (Å²) in [6, 6.07) is 0. The van der Waals surface area contributed by atoms with E-state index in [0.717, 1.165) is 6.42 Å². The lowest BCUT2D eigenvalue weighted by Crippen LogP contribution is -2.30. The summed E-state index contributed by atoms with van der Waals surface area (Å²) < 4.78 is 0. The standard InChI is InChI=1S/C13H23ClN6O/c1-5-15-11-18-10(14)19-12(20-11)17-8-16-9(21)6-7-13(2,3)4/h5-8H2,1-4H3,(H,16,21)(H2,15,17,18,19,20). The molecule has 0 saturated carbocycles. The van der Waals surface area contributed by atoms with Crippen LogP contribution >= 0.6 is 11.6 Å².